The first-order valence-electron chi connectivity index (χ1n) is 6.29. The molecule has 0 amide bonds. The quantitative estimate of drug-likeness (QED) is 0.501. The summed E-state index contributed by atoms with van der Waals surface area (Å²) >= 11 is 0. The maximum Gasteiger partial charge on any atom is -0.0297 e. The lowest BCUT2D eigenvalue weighted by atomic mass is 9.81. The molecule has 0 spiro atoms. The molecule has 0 aromatic carbocycles. The normalized spacial score (nSPS) is 10.0. The molecule has 0 aromatic rings. The Labute approximate surface area is 92.8 Å². The summed E-state index contributed by atoms with van der Waals surface area (Å²) in [7, 11) is 0. The van der Waals surface area contributed by atoms with E-state index in [2.05, 4.69) is 39.8 Å². The van der Waals surface area contributed by atoms with Crippen molar-refractivity contribution in [2.45, 2.75) is 74.7 Å². The Morgan fingerprint density at radius 3 is 1.50 bits per heavy atom. The van der Waals surface area contributed by atoms with Crippen molar-refractivity contribution in [3.63, 3.8) is 0 Å². The zero-order valence-electron chi connectivity index (χ0n) is 11.8. The molecule has 0 aliphatic carbocycles. The van der Waals surface area contributed by atoms with Gasteiger partial charge < -0.3 is 0 Å². The molecular weight excluding hydrogens is 168 g/mol. The lowest BCUT2D eigenvalue weighted by Crippen LogP contribution is -2.11. The van der Waals surface area contributed by atoms with Crippen LogP contribution in [0.2, 0.25) is 0 Å². The van der Waals surface area contributed by atoms with Crippen molar-refractivity contribution in [2.75, 3.05) is 0 Å². The fraction of sp³-hybridized carbons (Fsp3) is 0.857. The Morgan fingerprint density at radius 1 is 0.929 bits per heavy atom. The number of allylic oxidation sites excluding steroid dienone is 2. The van der Waals surface area contributed by atoms with Crippen LogP contribution >= 0.6 is 0 Å². The van der Waals surface area contributed by atoms with Gasteiger partial charge in [0.15, 0.2) is 0 Å². The van der Waals surface area contributed by atoms with Gasteiger partial charge in [0.05, 0.1) is 0 Å². The molecule has 0 saturated heterocycles. The summed E-state index contributed by atoms with van der Waals surface area (Å²) in [6.45, 7) is 17.0. The van der Waals surface area contributed by atoms with Crippen LogP contribution in [0.1, 0.15) is 74.7 Å². The largest absolute Gasteiger partial charge is 0.0916 e. The van der Waals surface area contributed by atoms with Crippen molar-refractivity contribution in [3.05, 3.63) is 12.2 Å². The van der Waals surface area contributed by atoms with Gasteiger partial charge in [-0.25, -0.2) is 0 Å². The molecule has 0 aliphatic heterocycles. The van der Waals surface area contributed by atoms with Gasteiger partial charge in [0.25, 0.3) is 0 Å². The van der Waals surface area contributed by atoms with Crippen LogP contribution in [-0.4, -0.2) is 0 Å². The van der Waals surface area contributed by atoms with Crippen LogP contribution < -0.4 is 0 Å². The van der Waals surface area contributed by atoms with E-state index >= 15 is 0 Å². The fourth-order valence-corrected chi connectivity index (χ4v) is 0.941. The third kappa shape index (κ3) is 11.7. The highest BCUT2D eigenvalue weighted by molar-refractivity contribution is 4.85. The minimum Gasteiger partial charge on any atom is -0.0916 e. The third-order valence-corrected chi connectivity index (χ3v) is 2.55. The number of hydrogen-bond acceptors (Lipinski definition) is 0. The van der Waals surface area contributed by atoms with Gasteiger partial charge in [0, 0.05) is 0 Å². The van der Waals surface area contributed by atoms with Crippen LogP contribution in [0.25, 0.3) is 0 Å². The van der Waals surface area contributed by atoms with E-state index < -0.39 is 0 Å². The van der Waals surface area contributed by atoms with Gasteiger partial charge in [-0.15, -0.1) is 0 Å². The van der Waals surface area contributed by atoms with Gasteiger partial charge in [0.2, 0.25) is 0 Å². The molecule has 0 nitrogen and oxygen atoms in total. The molecule has 88 valence electrons. The third-order valence-electron chi connectivity index (χ3n) is 2.55. The van der Waals surface area contributed by atoms with Crippen LogP contribution in [0.3, 0.4) is 0 Å². The second-order valence-corrected chi connectivity index (χ2v) is 3.29. The first-order chi connectivity index (χ1) is 6.68. The molecular formula is C14H32. The highest BCUT2D eigenvalue weighted by atomic mass is 14.2. The maximum atomic E-state index is 2.35. The predicted octanol–water partition coefficient (Wildman–Crippen LogP) is 5.83. The summed E-state index contributed by atoms with van der Waals surface area (Å²) in [5.41, 5.74) is 0.548. The van der Waals surface area contributed by atoms with Crippen LogP contribution in [0.5, 0.6) is 0 Å². The smallest absolute Gasteiger partial charge is 0.0297 e. The topological polar surface area (TPSA) is 0 Å². The van der Waals surface area contributed by atoms with Gasteiger partial charge in [-0.2, -0.15) is 0 Å². The van der Waals surface area contributed by atoms with Crippen LogP contribution in [0.15, 0.2) is 12.2 Å². The number of hydrogen-bond donors (Lipinski definition) is 0. The summed E-state index contributed by atoms with van der Waals surface area (Å²) in [5.74, 6) is 0. The van der Waals surface area contributed by atoms with E-state index in [0.717, 1.165) is 0 Å². The zero-order chi connectivity index (χ0) is 12.0. The van der Waals surface area contributed by atoms with Gasteiger partial charge in [-0.05, 0) is 18.8 Å². The van der Waals surface area contributed by atoms with Crippen molar-refractivity contribution in [1.29, 1.82) is 0 Å². The molecule has 0 rings (SSSR count). The summed E-state index contributed by atoms with van der Waals surface area (Å²) in [5, 5.41) is 0. The van der Waals surface area contributed by atoms with Gasteiger partial charge in [-0.1, -0.05) is 73.5 Å². The molecule has 0 aromatic heterocycles. The minimum absolute atomic E-state index is 0.548. The highest BCUT2D eigenvalue weighted by Gasteiger charge is 2.16. The summed E-state index contributed by atoms with van der Waals surface area (Å²) in [6, 6.07) is 0. The lowest BCUT2D eigenvalue weighted by molar-refractivity contribution is 0.302. The van der Waals surface area contributed by atoms with E-state index in [1.165, 1.54) is 19.3 Å². The monoisotopic (exact) mass is 200 g/mol. The molecule has 0 N–H and O–H groups in total. The first-order valence-corrected chi connectivity index (χ1v) is 6.29. The van der Waals surface area contributed by atoms with Gasteiger partial charge in [0.1, 0.15) is 0 Å². The van der Waals surface area contributed by atoms with E-state index in [4.69, 9.17) is 0 Å². The number of rotatable bonds is 4. The van der Waals surface area contributed by atoms with E-state index in [1.54, 1.807) is 0 Å². The molecule has 0 atom stereocenters. The van der Waals surface area contributed by atoms with Gasteiger partial charge >= 0.3 is 0 Å². The Kier molecular flexibility index (Phi) is 21.0. The van der Waals surface area contributed by atoms with Crippen molar-refractivity contribution in [2.24, 2.45) is 5.41 Å². The second-order valence-electron chi connectivity index (χ2n) is 3.29. The Hall–Kier alpha value is -0.260. The highest BCUT2D eigenvalue weighted by Crippen LogP contribution is 2.29. The van der Waals surface area contributed by atoms with Gasteiger partial charge in [-0.3, -0.25) is 0 Å². The second kappa shape index (κ2) is 15.2. The fourth-order valence-electron chi connectivity index (χ4n) is 0.941. The van der Waals surface area contributed by atoms with E-state index in [9.17, 15) is 0 Å². The Bertz CT molecular complexity index is 96.6. The van der Waals surface area contributed by atoms with E-state index in [0.29, 0.717) is 5.41 Å². The summed E-state index contributed by atoms with van der Waals surface area (Å²) in [4.78, 5) is 0. The molecule has 0 heterocycles. The Morgan fingerprint density at radius 2 is 1.29 bits per heavy atom. The first kappa shape index (κ1) is 19.3. The molecule has 0 bridgehead atoms. The average Bonchev–Trinajstić information content (AvgIpc) is 2.31. The predicted molar refractivity (Wildman–Crippen MR) is 70.8 cm³/mol. The SMILES string of the molecule is C/C=C\CC(C)(CC)CC.CC.CC. The molecule has 0 saturated carbocycles. The molecule has 0 fully saturated rings. The Balaban J connectivity index is -0.000000266. The van der Waals surface area contributed by atoms with Crippen molar-refractivity contribution in [1.82, 2.24) is 0 Å². The molecule has 0 radical (unpaired) electrons. The van der Waals surface area contributed by atoms with Crippen molar-refractivity contribution >= 4 is 0 Å². The van der Waals surface area contributed by atoms with Crippen LogP contribution in [0, 0.1) is 5.41 Å². The maximum absolute atomic E-state index is 2.35. The molecule has 14 heavy (non-hydrogen) atoms. The van der Waals surface area contributed by atoms with E-state index in [1.807, 2.05) is 27.7 Å². The van der Waals surface area contributed by atoms with Crippen LogP contribution in [-0.2, 0) is 0 Å². The van der Waals surface area contributed by atoms with Crippen molar-refractivity contribution in [3.8, 4) is 0 Å². The van der Waals surface area contributed by atoms with E-state index in [-0.39, 0.29) is 0 Å². The standard InChI is InChI=1S/C10H20.2C2H6/c1-5-8-9-10(4,6-2)7-3;2*1-2/h5,8H,6-7,9H2,1-4H3;2*1-2H3/b8-5-;;. The summed E-state index contributed by atoms with van der Waals surface area (Å²) < 4.78 is 0. The summed E-state index contributed by atoms with van der Waals surface area (Å²) in [6.07, 6.45) is 8.22. The average molecular weight is 200 g/mol. The van der Waals surface area contributed by atoms with Crippen molar-refractivity contribution < 1.29 is 0 Å². The van der Waals surface area contributed by atoms with Crippen LogP contribution in [0.4, 0.5) is 0 Å². The zero-order valence-corrected chi connectivity index (χ0v) is 11.8. The minimum atomic E-state index is 0.548. The molecule has 0 unspecified atom stereocenters. The molecule has 0 aliphatic rings. The lowest BCUT2D eigenvalue weighted by Gasteiger charge is -2.24. The molecule has 0 heteroatoms.